The van der Waals surface area contributed by atoms with Gasteiger partial charge < -0.3 is 5.32 Å². The third-order valence-electron chi connectivity index (χ3n) is 3.51. The summed E-state index contributed by atoms with van der Waals surface area (Å²) in [6.45, 7) is 8.39. The van der Waals surface area contributed by atoms with Crippen molar-refractivity contribution in [1.29, 1.82) is 0 Å². The van der Waals surface area contributed by atoms with Gasteiger partial charge in [0.1, 0.15) is 0 Å². The van der Waals surface area contributed by atoms with Gasteiger partial charge in [0.2, 0.25) is 0 Å². The average molecular weight is 398 g/mol. The number of nitrogens with zero attached hydrogens (tertiary/aromatic N) is 3. The lowest BCUT2D eigenvalue weighted by atomic mass is 10.0. The minimum absolute atomic E-state index is 0.151. The lowest BCUT2D eigenvalue weighted by Gasteiger charge is -2.21. The average Bonchev–Trinajstić information content (AvgIpc) is 2.92. The predicted molar refractivity (Wildman–Crippen MR) is 94.3 cm³/mol. The van der Waals surface area contributed by atoms with E-state index < -0.39 is 0 Å². The first-order chi connectivity index (χ1) is 10.2. The molecule has 1 aromatic heterocycles. The molecule has 1 atom stereocenters. The van der Waals surface area contributed by atoms with Crippen LogP contribution < -0.4 is 5.32 Å². The van der Waals surface area contributed by atoms with Crippen LogP contribution in [0.1, 0.15) is 49.6 Å². The molecule has 0 spiro atoms. The molecule has 0 aliphatic rings. The topological polar surface area (TPSA) is 42.7 Å². The number of aryl methyl sites for hydroxylation is 2. The molecule has 5 heteroatoms. The number of hydrogen-bond acceptors (Lipinski definition) is 3. The first-order valence-electron chi connectivity index (χ1n) is 7.55. The molecular formula is C16H23IN4. The molecule has 0 aliphatic heterocycles. The molecule has 1 heterocycles. The summed E-state index contributed by atoms with van der Waals surface area (Å²) in [5, 5.41) is 12.0. The molecule has 0 saturated heterocycles. The Morgan fingerprint density at radius 3 is 2.81 bits per heavy atom. The van der Waals surface area contributed by atoms with Gasteiger partial charge in [-0.2, -0.15) is 0 Å². The van der Waals surface area contributed by atoms with Gasteiger partial charge in [0, 0.05) is 10.1 Å². The van der Waals surface area contributed by atoms with Gasteiger partial charge in [0.15, 0.2) is 0 Å². The summed E-state index contributed by atoms with van der Waals surface area (Å²) >= 11 is 2.44. The second-order valence-corrected chi connectivity index (χ2v) is 6.33. The summed E-state index contributed by atoms with van der Waals surface area (Å²) in [4.78, 5) is 0. The molecule has 4 nitrogen and oxygen atoms in total. The van der Waals surface area contributed by atoms with Crippen LogP contribution in [-0.2, 0) is 6.54 Å². The monoisotopic (exact) mass is 398 g/mol. The SMILES string of the molecule is CCCNC(c1cccc(C)c1I)c1cnnn1CCC. The molecule has 0 saturated carbocycles. The van der Waals surface area contributed by atoms with Crippen molar-refractivity contribution >= 4 is 22.6 Å². The summed E-state index contributed by atoms with van der Waals surface area (Å²) in [6.07, 6.45) is 4.05. The fraction of sp³-hybridized carbons (Fsp3) is 0.500. The van der Waals surface area contributed by atoms with E-state index in [-0.39, 0.29) is 6.04 Å². The Kier molecular flexibility index (Phi) is 6.17. The van der Waals surface area contributed by atoms with E-state index in [9.17, 15) is 0 Å². The Balaban J connectivity index is 2.42. The van der Waals surface area contributed by atoms with Crippen LogP contribution in [0.5, 0.6) is 0 Å². The van der Waals surface area contributed by atoms with Gasteiger partial charge in [0.05, 0.1) is 17.9 Å². The maximum Gasteiger partial charge on any atom is 0.0802 e. The highest BCUT2D eigenvalue weighted by Gasteiger charge is 2.21. The molecule has 1 N–H and O–H groups in total. The van der Waals surface area contributed by atoms with Gasteiger partial charge >= 0.3 is 0 Å². The molecule has 1 aromatic carbocycles. The quantitative estimate of drug-likeness (QED) is 0.724. The van der Waals surface area contributed by atoms with Gasteiger partial charge in [-0.05, 0) is 60.0 Å². The molecule has 2 aromatic rings. The Labute approximate surface area is 140 Å². The largest absolute Gasteiger partial charge is 0.305 e. The van der Waals surface area contributed by atoms with Crippen LogP contribution in [0.4, 0.5) is 0 Å². The zero-order chi connectivity index (χ0) is 15.2. The van der Waals surface area contributed by atoms with Gasteiger partial charge in [0.25, 0.3) is 0 Å². The smallest absolute Gasteiger partial charge is 0.0802 e. The van der Waals surface area contributed by atoms with Crippen LogP contribution in [-0.4, -0.2) is 21.5 Å². The minimum Gasteiger partial charge on any atom is -0.305 e. The van der Waals surface area contributed by atoms with E-state index in [1.165, 1.54) is 14.7 Å². The third-order valence-corrected chi connectivity index (χ3v) is 4.98. The minimum atomic E-state index is 0.151. The van der Waals surface area contributed by atoms with Crippen LogP contribution in [0.3, 0.4) is 0 Å². The van der Waals surface area contributed by atoms with Crippen molar-refractivity contribution in [3.63, 3.8) is 0 Å². The van der Waals surface area contributed by atoms with E-state index >= 15 is 0 Å². The molecule has 114 valence electrons. The Bertz CT molecular complexity index is 579. The van der Waals surface area contributed by atoms with Gasteiger partial charge in [-0.25, -0.2) is 4.68 Å². The standard InChI is InChI=1S/C16H23IN4/c1-4-9-18-16(13-8-6-7-12(3)15(13)17)14-11-19-20-21(14)10-5-2/h6-8,11,16,18H,4-5,9-10H2,1-3H3. The Morgan fingerprint density at radius 2 is 2.10 bits per heavy atom. The molecule has 21 heavy (non-hydrogen) atoms. The molecule has 0 radical (unpaired) electrons. The summed E-state index contributed by atoms with van der Waals surface area (Å²) in [5.41, 5.74) is 3.77. The fourth-order valence-corrected chi connectivity index (χ4v) is 3.10. The predicted octanol–water partition coefficient (Wildman–Crippen LogP) is 3.69. The van der Waals surface area contributed by atoms with E-state index in [0.29, 0.717) is 0 Å². The lowest BCUT2D eigenvalue weighted by Crippen LogP contribution is -2.26. The molecule has 0 bridgehead atoms. The zero-order valence-electron chi connectivity index (χ0n) is 12.9. The first-order valence-corrected chi connectivity index (χ1v) is 8.63. The Morgan fingerprint density at radius 1 is 1.29 bits per heavy atom. The van der Waals surface area contributed by atoms with Gasteiger partial charge in [-0.1, -0.05) is 37.3 Å². The molecule has 0 fully saturated rings. The van der Waals surface area contributed by atoms with E-state index in [4.69, 9.17) is 0 Å². The van der Waals surface area contributed by atoms with Crippen LogP contribution in [0, 0.1) is 10.5 Å². The number of rotatable bonds is 7. The lowest BCUT2D eigenvalue weighted by molar-refractivity contribution is 0.503. The fourth-order valence-electron chi connectivity index (χ4n) is 2.43. The van der Waals surface area contributed by atoms with E-state index in [0.717, 1.165) is 31.6 Å². The molecule has 2 rings (SSSR count). The van der Waals surface area contributed by atoms with Crippen molar-refractivity contribution in [1.82, 2.24) is 20.3 Å². The summed E-state index contributed by atoms with van der Waals surface area (Å²) in [5.74, 6) is 0. The van der Waals surface area contributed by atoms with Crippen molar-refractivity contribution in [3.8, 4) is 0 Å². The number of benzene rings is 1. The van der Waals surface area contributed by atoms with E-state index in [2.05, 4.69) is 77.2 Å². The number of nitrogens with one attached hydrogen (secondary N) is 1. The zero-order valence-corrected chi connectivity index (χ0v) is 15.1. The number of aromatic nitrogens is 3. The van der Waals surface area contributed by atoms with Crippen LogP contribution >= 0.6 is 22.6 Å². The highest BCUT2D eigenvalue weighted by Crippen LogP contribution is 2.28. The normalized spacial score (nSPS) is 12.6. The second kappa shape index (κ2) is 7.89. The highest BCUT2D eigenvalue weighted by molar-refractivity contribution is 14.1. The molecule has 0 aliphatic carbocycles. The second-order valence-electron chi connectivity index (χ2n) is 5.25. The summed E-state index contributed by atoms with van der Waals surface area (Å²) in [7, 11) is 0. The third kappa shape index (κ3) is 3.83. The van der Waals surface area contributed by atoms with E-state index in [1.54, 1.807) is 0 Å². The number of hydrogen-bond donors (Lipinski definition) is 1. The maximum absolute atomic E-state index is 4.24. The van der Waals surface area contributed by atoms with E-state index in [1.807, 2.05) is 10.9 Å². The number of halogens is 1. The first kappa shape index (κ1) is 16.4. The van der Waals surface area contributed by atoms with Crippen molar-refractivity contribution in [2.75, 3.05) is 6.54 Å². The van der Waals surface area contributed by atoms with Gasteiger partial charge in [-0.15, -0.1) is 5.10 Å². The highest BCUT2D eigenvalue weighted by atomic mass is 127. The maximum atomic E-state index is 4.24. The van der Waals surface area contributed by atoms with Crippen LogP contribution in [0.2, 0.25) is 0 Å². The van der Waals surface area contributed by atoms with Crippen LogP contribution in [0.25, 0.3) is 0 Å². The summed E-state index contributed by atoms with van der Waals surface area (Å²) < 4.78 is 3.33. The van der Waals surface area contributed by atoms with Crippen molar-refractivity contribution in [3.05, 3.63) is 44.8 Å². The summed E-state index contributed by atoms with van der Waals surface area (Å²) in [6, 6.07) is 6.63. The van der Waals surface area contributed by atoms with Gasteiger partial charge in [-0.3, -0.25) is 0 Å². The van der Waals surface area contributed by atoms with Crippen molar-refractivity contribution < 1.29 is 0 Å². The molecule has 0 amide bonds. The Hall–Kier alpha value is -0.950. The van der Waals surface area contributed by atoms with Crippen molar-refractivity contribution in [2.45, 2.75) is 46.2 Å². The molecule has 1 unspecified atom stereocenters. The van der Waals surface area contributed by atoms with Crippen LogP contribution in [0.15, 0.2) is 24.4 Å². The van der Waals surface area contributed by atoms with Crippen molar-refractivity contribution in [2.24, 2.45) is 0 Å². The molecular weight excluding hydrogens is 375 g/mol.